The first-order chi connectivity index (χ1) is 9.69. The number of hydrogen-bond acceptors (Lipinski definition) is 5. The summed E-state index contributed by atoms with van der Waals surface area (Å²) in [7, 11) is 0. The van der Waals surface area contributed by atoms with Crippen molar-refractivity contribution in [3.63, 3.8) is 0 Å². The first kappa shape index (κ1) is 13.6. The number of rotatable bonds is 3. The van der Waals surface area contributed by atoms with Gasteiger partial charge in [0.15, 0.2) is 11.3 Å². The molecule has 1 atom stereocenters. The zero-order valence-corrected chi connectivity index (χ0v) is 12.6. The van der Waals surface area contributed by atoms with Crippen LogP contribution in [0.5, 0.6) is 0 Å². The molecule has 0 bridgehead atoms. The second kappa shape index (κ2) is 5.55. The van der Waals surface area contributed by atoms with Crippen LogP contribution in [0, 0.1) is 6.92 Å². The fourth-order valence-corrected chi connectivity index (χ4v) is 3.09. The van der Waals surface area contributed by atoms with Gasteiger partial charge in [-0.15, -0.1) is 10.2 Å². The maximum atomic E-state index is 5.94. The second-order valence-corrected chi connectivity index (χ2v) is 5.70. The number of hydrogen-bond donors (Lipinski definition) is 0. The Bertz CT molecular complexity index is 653. The molecular weight excluding hydrogens is 296 g/mol. The van der Waals surface area contributed by atoms with Crippen LogP contribution in [0.1, 0.15) is 18.3 Å². The maximum Gasteiger partial charge on any atom is 0.214 e. The standard InChI is InChI=1S/C13H13ClN4OS/c1-3-19-12-11(9-4-6-10(14)7-5-9)17-18-8(2)15-16-13(18)20-12/h4-7,12H,3H2,1-2H3/t12-/m1/s1. The Hall–Kier alpha value is -1.37. The van der Waals surface area contributed by atoms with Gasteiger partial charge in [0.05, 0.1) is 0 Å². The third-order valence-corrected chi connectivity index (χ3v) is 4.16. The predicted molar refractivity (Wildman–Crippen MR) is 79.4 cm³/mol. The van der Waals surface area contributed by atoms with Gasteiger partial charge in [-0.25, -0.2) is 0 Å². The third kappa shape index (κ3) is 2.46. The molecule has 0 radical (unpaired) electrons. The maximum absolute atomic E-state index is 5.94. The lowest BCUT2D eigenvalue weighted by molar-refractivity contribution is 0.163. The van der Waals surface area contributed by atoms with Crippen molar-refractivity contribution in [1.29, 1.82) is 0 Å². The lowest BCUT2D eigenvalue weighted by atomic mass is 10.1. The van der Waals surface area contributed by atoms with Crippen LogP contribution in [0.15, 0.2) is 34.5 Å². The summed E-state index contributed by atoms with van der Waals surface area (Å²) in [5.74, 6) is 0.758. The van der Waals surface area contributed by atoms with Gasteiger partial charge in [-0.05, 0) is 37.7 Å². The van der Waals surface area contributed by atoms with Gasteiger partial charge in [0.25, 0.3) is 0 Å². The average molecular weight is 309 g/mol. The van der Waals surface area contributed by atoms with Crippen LogP contribution in [-0.2, 0) is 4.74 Å². The quantitative estimate of drug-likeness (QED) is 0.875. The molecule has 7 heteroatoms. The largest absolute Gasteiger partial charge is 0.361 e. The van der Waals surface area contributed by atoms with E-state index in [1.54, 1.807) is 4.68 Å². The van der Waals surface area contributed by atoms with Crippen molar-refractivity contribution in [2.45, 2.75) is 24.4 Å². The highest BCUT2D eigenvalue weighted by Crippen LogP contribution is 2.31. The molecule has 20 heavy (non-hydrogen) atoms. The Kier molecular flexibility index (Phi) is 3.78. The van der Waals surface area contributed by atoms with Gasteiger partial charge in [0.2, 0.25) is 5.16 Å². The topological polar surface area (TPSA) is 52.3 Å². The molecule has 104 valence electrons. The first-order valence-electron chi connectivity index (χ1n) is 6.24. The summed E-state index contributed by atoms with van der Waals surface area (Å²) in [4.78, 5) is 0. The average Bonchev–Trinajstić information content (AvgIpc) is 2.80. The summed E-state index contributed by atoms with van der Waals surface area (Å²) in [6.07, 6.45) is 0. The molecule has 0 unspecified atom stereocenters. The molecular formula is C13H13ClN4OS. The van der Waals surface area contributed by atoms with Gasteiger partial charge in [0.1, 0.15) is 5.71 Å². The summed E-state index contributed by atoms with van der Waals surface area (Å²) >= 11 is 7.45. The van der Waals surface area contributed by atoms with E-state index in [1.165, 1.54) is 11.8 Å². The van der Waals surface area contributed by atoms with Crippen molar-refractivity contribution in [1.82, 2.24) is 14.9 Å². The van der Waals surface area contributed by atoms with Crippen LogP contribution in [-0.4, -0.2) is 32.6 Å². The van der Waals surface area contributed by atoms with E-state index in [0.29, 0.717) is 11.6 Å². The number of aromatic nitrogens is 3. The van der Waals surface area contributed by atoms with Crippen molar-refractivity contribution in [3.05, 3.63) is 40.7 Å². The lowest BCUT2D eigenvalue weighted by Crippen LogP contribution is -2.27. The molecule has 0 fully saturated rings. The minimum atomic E-state index is -0.183. The predicted octanol–water partition coefficient (Wildman–Crippen LogP) is 2.96. The molecule has 1 aliphatic heterocycles. The highest BCUT2D eigenvalue weighted by molar-refractivity contribution is 8.00. The van der Waals surface area contributed by atoms with E-state index in [-0.39, 0.29) is 5.44 Å². The zero-order valence-electron chi connectivity index (χ0n) is 11.1. The molecule has 0 amide bonds. The van der Waals surface area contributed by atoms with Crippen molar-refractivity contribution >= 4 is 29.1 Å². The number of halogens is 1. The molecule has 3 rings (SSSR count). The Morgan fingerprint density at radius 2 is 2.05 bits per heavy atom. The third-order valence-electron chi connectivity index (χ3n) is 2.87. The van der Waals surface area contributed by atoms with Gasteiger partial charge >= 0.3 is 0 Å². The van der Waals surface area contributed by atoms with E-state index in [2.05, 4.69) is 15.3 Å². The lowest BCUT2D eigenvalue weighted by Gasteiger charge is -2.22. The van der Waals surface area contributed by atoms with Crippen molar-refractivity contribution in [2.24, 2.45) is 5.10 Å². The van der Waals surface area contributed by atoms with E-state index in [1.807, 2.05) is 38.1 Å². The molecule has 0 N–H and O–H groups in total. The Labute approximate surface area is 126 Å². The van der Waals surface area contributed by atoms with E-state index in [0.717, 1.165) is 22.3 Å². The second-order valence-electron chi connectivity index (χ2n) is 4.24. The fraction of sp³-hybridized carbons (Fsp3) is 0.308. The summed E-state index contributed by atoms with van der Waals surface area (Å²) in [6.45, 7) is 4.45. The van der Waals surface area contributed by atoms with Gasteiger partial charge in [-0.2, -0.15) is 9.78 Å². The highest BCUT2D eigenvalue weighted by atomic mass is 35.5. The fourth-order valence-electron chi connectivity index (χ4n) is 1.91. The number of aryl methyl sites for hydroxylation is 1. The molecule has 0 saturated heterocycles. The molecule has 1 aliphatic rings. The molecule has 5 nitrogen and oxygen atoms in total. The SMILES string of the molecule is CCO[C@@H]1Sc2nnc(C)n2N=C1c1ccc(Cl)cc1. The minimum Gasteiger partial charge on any atom is -0.361 e. The molecule has 0 saturated carbocycles. The Morgan fingerprint density at radius 3 is 2.75 bits per heavy atom. The summed E-state index contributed by atoms with van der Waals surface area (Å²) < 4.78 is 7.50. The van der Waals surface area contributed by atoms with E-state index < -0.39 is 0 Å². The molecule has 0 spiro atoms. The van der Waals surface area contributed by atoms with Crippen LogP contribution in [0.3, 0.4) is 0 Å². The first-order valence-corrected chi connectivity index (χ1v) is 7.50. The summed E-state index contributed by atoms with van der Waals surface area (Å²) in [6, 6.07) is 7.58. The van der Waals surface area contributed by atoms with E-state index in [9.17, 15) is 0 Å². The smallest absolute Gasteiger partial charge is 0.214 e. The molecule has 1 aromatic heterocycles. The van der Waals surface area contributed by atoms with Gasteiger partial charge in [0, 0.05) is 17.2 Å². The summed E-state index contributed by atoms with van der Waals surface area (Å²) in [5.41, 5.74) is 1.65. The molecule has 2 aromatic rings. The van der Waals surface area contributed by atoms with E-state index >= 15 is 0 Å². The van der Waals surface area contributed by atoms with Crippen molar-refractivity contribution in [3.8, 4) is 0 Å². The number of fused-ring (bicyclic) bond motifs is 1. The Morgan fingerprint density at radius 1 is 1.30 bits per heavy atom. The van der Waals surface area contributed by atoms with Gasteiger partial charge in [-0.1, -0.05) is 23.7 Å². The number of benzene rings is 1. The van der Waals surface area contributed by atoms with Crippen molar-refractivity contribution in [2.75, 3.05) is 6.61 Å². The van der Waals surface area contributed by atoms with E-state index in [4.69, 9.17) is 16.3 Å². The normalized spacial score (nSPS) is 17.8. The number of thioether (sulfide) groups is 1. The van der Waals surface area contributed by atoms with Gasteiger partial charge in [-0.3, -0.25) is 0 Å². The molecule has 1 aromatic carbocycles. The van der Waals surface area contributed by atoms with Crippen LogP contribution < -0.4 is 0 Å². The van der Waals surface area contributed by atoms with Crippen LogP contribution in [0.25, 0.3) is 0 Å². The minimum absolute atomic E-state index is 0.183. The summed E-state index contributed by atoms with van der Waals surface area (Å²) in [5, 5.41) is 14.2. The number of ether oxygens (including phenoxy) is 1. The number of nitrogens with zero attached hydrogens (tertiary/aromatic N) is 4. The molecule has 0 aliphatic carbocycles. The van der Waals surface area contributed by atoms with Crippen LogP contribution in [0.2, 0.25) is 5.02 Å². The zero-order chi connectivity index (χ0) is 14.1. The Balaban J connectivity index is 2.06. The van der Waals surface area contributed by atoms with Crippen LogP contribution in [0.4, 0.5) is 0 Å². The van der Waals surface area contributed by atoms with Crippen LogP contribution >= 0.6 is 23.4 Å². The highest BCUT2D eigenvalue weighted by Gasteiger charge is 2.28. The van der Waals surface area contributed by atoms with Gasteiger partial charge < -0.3 is 4.74 Å². The van der Waals surface area contributed by atoms with Crippen molar-refractivity contribution < 1.29 is 4.74 Å². The monoisotopic (exact) mass is 308 g/mol. The molecule has 2 heterocycles.